The number of halogens is 1. The van der Waals surface area contributed by atoms with E-state index in [2.05, 4.69) is 24.4 Å². The Labute approximate surface area is 114 Å². The van der Waals surface area contributed by atoms with Gasteiger partial charge in [-0.15, -0.1) is 0 Å². The van der Waals surface area contributed by atoms with E-state index in [0.29, 0.717) is 0 Å². The highest BCUT2D eigenvalue weighted by Gasteiger charge is 2.17. The van der Waals surface area contributed by atoms with E-state index < -0.39 is 0 Å². The van der Waals surface area contributed by atoms with E-state index in [4.69, 9.17) is 0 Å². The third kappa shape index (κ3) is 2.85. The van der Waals surface area contributed by atoms with E-state index in [1.54, 1.807) is 6.07 Å². The highest BCUT2D eigenvalue weighted by Crippen LogP contribution is 2.28. The summed E-state index contributed by atoms with van der Waals surface area (Å²) in [6.45, 7) is 4.16. The molecule has 0 heterocycles. The van der Waals surface area contributed by atoms with Gasteiger partial charge in [-0.1, -0.05) is 37.3 Å². The van der Waals surface area contributed by atoms with Crippen molar-refractivity contribution in [3.05, 3.63) is 70.5 Å². The van der Waals surface area contributed by atoms with E-state index in [1.165, 1.54) is 17.2 Å². The summed E-state index contributed by atoms with van der Waals surface area (Å²) in [7, 11) is 1.92. The van der Waals surface area contributed by atoms with Gasteiger partial charge in [-0.2, -0.15) is 0 Å². The molecular formula is C17H20FN. The van der Waals surface area contributed by atoms with E-state index in [0.717, 1.165) is 17.5 Å². The second-order valence-electron chi connectivity index (χ2n) is 4.77. The smallest absolute Gasteiger partial charge is 0.123 e. The molecule has 0 aliphatic heterocycles. The maximum Gasteiger partial charge on any atom is 0.123 e. The summed E-state index contributed by atoms with van der Waals surface area (Å²) in [5.41, 5.74) is 4.63. The quantitative estimate of drug-likeness (QED) is 0.872. The van der Waals surface area contributed by atoms with Gasteiger partial charge in [-0.05, 0) is 54.8 Å². The molecule has 0 aromatic heterocycles. The molecule has 1 N–H and O–H groups in total. The lowest BCUT2D eigenvalue weighted by atomic mass is 9.91. The van der Waals surface area contributed by atoms with Crippen molar-refractivity contribution in [2.24, 2.45) is 0 Å². The SMILES string of the molecule is CCc1ccccc1C(NC)c1cc(F)ccc1C. The first-order valence-electron chi connectivity index (χ1n) is 6.68. The molecule has 1 atom stereocenters. The number of aryl methyl sites for hydroxylation is 2. The standard InChI is InChI=1S/C17H20FN/c1-4-13-7-5-6-8-15(13)17(19-3)16-11-14(18)10-9-12(16)2/h5-11,17,19H,4H2,1-3H3. The Balaban J connectivity index is 2.53. The minimum Gasteiger partial charge on any atom is -0.309 e. The summed E-state index contributed by atoms with van der Waals surface area (Å²) in [5.74, 6) is -0.185. The summed E-state index contributed by atoms with van der Waals surface area (Å²) in [4.78, 5) is 0. The molecule has 0 bridgehead atoms. The predicted octanol–water partition coefficient (Wildman–Crippen LogP) is 4.01. The second-order valence-corrected chi connectivity index (χ2v) is 4.77. The molecule has 0 aliphatic rings. The van der Waals surface area contributed by atoms with Crippen molar-refractivity contribution in [1.29, 1.82) is 0 Å². The maximum absolute atomic E-state index is 13.5. The van der Waals surface area contributed by atoms with Crippen molar-refractivity contribution in [3.63, 3.8) is 0 Å². The Morgan fingerprint density at radius 1 is 1.11 bits per heavy atom. The van der Waals surface area contributed by atoms with Gasteiger partial charge in [-0.25, -0.2) is 4.39 Å². The zero-order valence-electron chi connectivity index (χ0n) is 11.7. The lowest BCUT2D eigenvalue weighted by molar-refractivity contribution is 0.614. The van der Waals surface area contributed by atoms with Gasteiger partial charge in [0.2, 0.25) is 0 Å². The first-order chi connectivity index (χ1) is 9.17. The van der Waals surface area contributed by atoms with Crippen LogP contribution >= 0.6 is 0 Å². The van der Waals surface area contributed by atoms with Crippen molar-refractivity contribution < 1.29 is 4.39 Å². The van der Waals surface area contributed by atoms with Crippen molar-refractivity contribution in [2.75, 3.05) is 7.05 Å². The van der Waals surface area contributed by atoms with Gasteiger partial charge < -0.3 is 5.32 Å². The van der Waals surface area contributed by atoms with Crippen LogP contribution in [-0.4, -0.2) is 7.05 Å². The number of hydrogen-bond donors (Lipinski definition) is 1. The number of benzene rings is 2. The monoisotopic (exact) mass is 257 g/mol. The fourth-order valence-electron chi connectivity index (χ4n) is 2.54. The Bertz CT molecular complexity index is 563. The van der Waals surface area contributed by atoms with E-state index >= 15 is 0 Å². The number of rotatable bonds is 4. The predicted molar refractivity (Wildman–Crippen MR) is 77.9 cm³/mol. The zero-order valence-corrected chi connectivity index (χ0v) is 11.7. The van der Waals surface area contributed by atoms with Crippen LogP contribution in [0.5, 0.6) is 0 Å². The van der Waals surface area contributed by atoms with Gasteiger partial charge in [0.25, 0.3) is 0 Å². The lowest BCUT2D eigenvalue weighted by Gasteiger charge is -2.22. The summed E-state index contributed by atoms with van der Waals surface area (Å²) < 4.78 is 13.5. The molecule has 0 saturated carbocycles. The van der Waals surface area contributed by atoms with Gasteiger partial charge in [0.15, 0.2) is 0 Å². The summed E-state index contributed by atoms with van der Waals surface area (Å²) in [5, 5.41) is 3.31. The average molecular weight is 257 g/mol. The molecule has 0 radical (unpaired) electrons. The zero-order chi connectivity index (χ0) is 13.8. The van der Waals surface area contributed by atoms with Crippen LogP contribution in [0.4, 0.5) is 4.39 Å². The minimum atomic E-state index is -0.185. The molecule has 0 aliphatic carbocycles. The molecule has 2 rings (SSSR count). The minimum absolute atomic E-state index is 0.0341. The van der Waals surface area contributed by atoms with Crippen molar-refractivity contribution in [2.45, 2.75) is 26.3 Å². The van der Waals surface area contributed by atoms with Crippen LogP contribution < -0.4 is 5.32 Å². The molecule has 0 saturated heterocycles. The van der Waals surface area contributed by atoms with Crippen LogP contribution in [0.15, 0.2) is 42.5 Å². The van der Waals surface area contributed by atoms with Gasteiger partial charge >= 0.3 is 0 Å². The highest BCUT2D eigenvalue weighted by atomic mass is 19.1. The Hall–Kier alpha value is -1.67. The normalized spacial score (nSPS) is 12.4. The molecule has 2 heteroatoms. The summed E-state index contributed by atoms with van der Waals surface area (Å²) in [6, 6.07) is 13.3. The molecule has 100 valence electrons. The van der Waals surface area contributed by atoms with Gasteiger partial charge in [0.05, 0.1) is 6.04 Å². The molecule has 19 heavy (non-hydrogen) atoms. The number of hydrogen-bond acceptors (Lipinski definition) is 1. The van der Waals surface area contributed by atoms with Crippen molar-refractivity contribution in [1.82, 2.24) is 5.32 Å². The van der Waals surface area contributed by atoms with E-state index in [-0.39, 0.29) is 11.9 Å². The number of nitrogens with one attached hydrogen (secondary N) is 1. The van der Waals surface area contributed by atoms with Crippen LogP contribution in [0.1, 0.15) is 35.2 Å². The van der Waals surface area contributed by atoms with Gasteiger partial charge in [0, 0.05) is 0 Å². The Morgan fingerprint density at radius 2 is 1.84 bits per heavy atom. The highest BCUT2D eigenvalue weighted by molar-refractivity contribution is 5.40. The first kappa shape index (κ1) is 13.8. The summed E-state index contributed by atoms with van der Waals surface area (Å²) >= 11 is 0. The molecular weight excluding hydrogens is 237 g/mol. The molecule has 0 spiro atoms. The van der Waals surface area contributed by atoms with Crippen LogP contribution in [-0.2, 0) is 6.42 Å². The third-order valence-corrected chi connectivity index (χ3v) is 3.59. The maximum atomic E-state index is 13.5. The Morgan fingerprint density at radius 3 is 2.53 bits per heavy atom. The Kier molecular flexibility index (Phi) is 4.33. The molecule has 1 unspecified atom stereocenters. The topological polar surface area (TPSA) is 12.0 Å². The molecule has 0 amide bonds. The van der Waals surface area contributed by atoms with Crippen molar-refractivity contribution >= 4 is 0 Å². The fraction of sp³-hybridized carbons (Fsp3) is 0.294. The van der Waals surface area contributed by atoms with E-state index in [1.807, 2.05) is 32.2 Å². The average Bonchev–Trinajstić information content (AvgIpc) is 2.44. The van der Waals surface area contributed by atoms with E-state index in [9.17, 15) is 4.39 Å². The second kappa shape index (κ2) is 5.98. The first-order valence-corrected chi connectivity index (χ1v) is 6.68. The largest absolute Gasteiger partial charge is 0.309 e. The fourth-order valence-corrected chi connectivity index (χ4v) is 2.54. The van der Waals surface area contributed by atoms with Crippen LogP contribution in [0.25, 0.3) is 0 Å². The summed E-state index contributed by atoms with van der Waals surface area (Å²) in [6.07, 6.45) is 0.975. The molecule has 0 fully saturated rings. The van der Waals surface area contributed by atoms with Crippen LogP contribution in [0.2, 0.25) is 0 Å². The van der Waals surface area contributed by atoms with Gasteiger partial charge in [0.1, 0.15) is 5.82 Å². The molecule has 2 aromatic carbocycles. The van der Waals surface area contributed by atoms with Gasteiger partial charge in [-0.3, -0.25) is 0 Å². The molecule has 1 nitrogen and oxygen atoms in total. The third-order valence-electron chi connectivity index (χ3n) is 3.59. The van der Waals surface area contributed by atoms with Crippen LogP contribution in [0, 0.1) is 12.7 Å². The molecule has 2 aromatic rings. The van der Waals surface area contributed by atoms with Crippen molar-refractivity contribution in [3.8, 4) is 0 Å². The lowest BCUT2D eigenvalue weighted by Crippen LogP contribution is -2.20. The van der Waals surface area contributed by atoms with Crippen LogP contribution in [0.3, 0.4) is 0 Å².